The molecule has 114 valence electrons. The Bertz CT molecular complexity index is 708. The summed E-state index contributed by atoms with van der Waals surface area (Å²) in [4.78, 5) is 23.3. The minimum Gasteiger partial charge on any atom is -0.264 e. The van der Waals surface area contributed by atoms with Crippen LogP contribution in [0, 0.1) is 10.1 Å². The fourth-order valence-electron chi connectivity index (χ4n) is 2.35. The second kappa shape index (κ2) is 6.19. The average molecular weight is 322 g/mol. The summed E-state index contributed by atoms with van der Waals surface area (Å²) in [5.41, 5.74) is 1.79. The lowest BCUT2D eigenvalue weighted by Crippen LogP contribution is -2.38. The van der Waals surface area contributed by atoms with Gasteiger partial charge in [-0.3, -0.25) is 15.5 Å². The monoisotopic (exact) mass is 321 g/mol. The van der Waals surface area contributed by atoms with Crippen molar-refractivity contribution in [1.82, 2.24) is 0 Å². The van der Waals surface area contributed by atoms with Crippen molar-refractivity contribution in [2.45, 2.75) is 19.4 Å². The molecule has 0 saturated carbocycles. The van der Waals surface area contributed by atoms with Gasteiger partial charge >= 0.3 is 5.91 Å². The van der Waals surface area contributed by atoms with E-state index in [1.165, 1.54) is 10.7 Å². The van der Waals surface area contributed by atoms with Gasteiger partial charge in [-0.1, -0.05) is 17.7 Å². The predicted octanol–water partition coefficient (Wildman–Crippen LogP) is 0.411. The fourth-order valence-corrected chi connectivity index (χ4v) is 2.67. The number of hydrogen-bond acceptors (Lipinski definition) is 3. The fraction of sp³-hybridized carbons (Fsp3) is 0.267. The Balaban J connectivity index is 2.45. The van der Waals surface area contributed by atoms with Crippen LogP contribution in [0.2, 0.25) is 0 Å². The Morgan fingerprint density at radius 3 is 2.50 bits per heavy atom. The number of allylic oxidation sites excluding steroid dienone is 4. The zero-order chi connectivity index (χ0) is 16.4. The normalized spacial score (nSPS) is 21.0. The van der Waals surface area contributed by atoms with Gasteiger partial charge in [0, 0.05) is 41.2 Å². The van der Waals surface area contributed by atoms with Crippen molar-refractivity contribution in [3.8, 4) is 0 Å². The average Bonchev–Trinajstić information content (AvgIpc) is 2.46. The summed E-state index contributed by atoms with van der Waals surface area (Å²) < 4.78 is 1.40. The van der Waals surface area contributed by atoms with Crippen LogP contribution >= 0.6 is 11.6 Å². The number of carbonyl (C=O) groups excluding carboxylic acids is 1. The Morgan fingerprint density at radius 1 is 1.36 bits per heavy atom. The van der Waals surface area contributed by atoms with Crippen molar-refractivity contribution in [2.24, 2.45) is 0 Å². The molecule has 1 atom stereocenters. The summed E-state index contributed by atoms with van der Waals surface area (Å²) in [7, 11) is 1.59. The standard InChI is InChI=1S/C15H15ClN3O3/c1-9-13(19(21)22)8-7-12(16)14(9)15(20)18(2)11-5-3-10(17)4-6-11/h3-7,13,17H,8H2,1-2H3/q+1/p+1. The molecule has 2 aliphatic carbocycles. The maximum atomic E-state index is 12.7. The van der Waals surface area contributed by atoms with Crippen LogP contribution in [-0.2, 0) is 4.79 Å². The van der Waals surface area contributed by atoms with Gasteiger partial charge in [-0.15, -0.1) is 0 Å². The van der Waals surface area contributed by atoms with Gasteiger partial charge in [0.2, 0.25) is 11.8 Å². The zero-order valence-corrected chi connectivity index (χ0v) is 13.0. The van der Waals surface area contributed by atoms with Crippen LogP contribution in [0.1, 0.15) is 13.3 Å². The molecule has 1 unspecified atom stereocenters. The molecule has 0 fully saturated rings. The van der Waals surface area contributed by atoms with Gasteiger partial charge < -0.3 is 0 Å². The minimum atomic E-state index is -0.915. The Hall–Kier alpha value is -2.34. The first-order chi connectivity index (χ1) is 10.3. The van der Waals surface area contributed by atoms with Crippen LogP contribution in [0.4, 0.5) is 0 Å². The highest BCUT2D eigenvalue weighted by Crippen LogP contribution is 2.30. The molecule has 0 aliphatic heterocycles. The molecule has 0 bridgehead atoms. The van der Waals surface area contributed by atoms with Crippen LogP contribution in [0.3, 0.4) is 0 Å². The number of likely N-dealkylation sites (N-methyl/N-ethyl adjacent to an activating group) is 1. The van der Waals surface area contributed by atoms with Crippen molar-refractivity contribution in [2.75, 3.05) is 7.05 Å². The number of halogens is 1. The van der Waals surface area contributed by atoms with Crippen molar-refractivity contribution in [3.63, 3.8) is 0 Å². The lowest BCUT2D eigenvalue weighted by molar-refractivity contribution is -0.511. The van der Waals surface area contributed by atoms with E-state index in [1.54, 1.807) is 38.3 Å². The van der Waals surface area contributed by atoms with Crippen molar-refractivity contribution < 1.29 is 19.7 Å². The number of amides is 1. The Labute approximate surface area is 132 Å². The third-order valence-corrected chi connectivity index (χ3v) is 4.05. The third-order valence-electron chi connectivity index (χ3n) is 3.71. The molecule has 0 aromatic carbocycles. The second-order valence-electron chi connectivity index (χ2n) is 5.10. The molecule has 6 nitrogen and oxygen atoms in total. The third kappa shape index (κ3) is 2.96. The lowest BCUT2D eigenvalue weighted by atomic mass is 9.93. The maximum Gasteiger partial charge on any atom is 0.421 e. The van der Waals surface area contributed by atoms with Gasteiger partial charge in [-0.05, 0) is 6.92 Å². The Kier molecular flexibility index (Phi) is 4.51. The summed E-state index contributed by atoms with van der Waals surface area (Å²) in [6.07, 6.45) is 8.48. The van der Waals surface area contributed by atoms with E-state index in [4.69, 9.17) is 17.0 Å². The Morgan fingerprint density at radius 2 is 1.95 bits per heavy atom. The van der Waals surface area contributed by atoms with Crippen molar-refractivity contribution >= 4 is 28.9 Å². The number of nitrogens with zero attached hydrogens (tertiary/aromatic N) is 2. The molecule has 0 heterocycles. The first-order valence-corrected chi connectivity index (χ1v) is 7.04. The lowest BCUT2D eigenvalue weighted by Gasteiger charge is -2.16. The highest BCUT2D eigenvalue weighted by atomic mass is 35.5. The molecule has 2 rings (SSSR count). The van der Waals surface area contributed by atoms with E-state index < -0.39 is 11.0 Å². The zero-order valence-electron chi connectivity index (χ0n) is 12.2. The number of nitro groups is 1. The van der Waals surface area contributed by atoms with Gasteiger partial charge in [0.15, 0.2) is 5.71 Å². The molecular weight excluding hydrogens is 306 g/mol. The highest BCUT2D eigenvalue weighted by Gasteiger charge is 2.36. The first kappa shape index (κ1) is 16.0. The topological polar surface area (TPSA) is 88.8 Å². The number of rotatable bonds is 2. The van der Waals surface area contributed by atoms with E-state index in [2.05, 4.69) is 0 Å². The smallest absolute Gasteiger partial charge is 0.264 e. The van der Waals surface area contributed by atoms with Crippen molar-refractivity contribution in [3.05, 3.63) is 56.7 Å². The van der Waals surface area contributed by atoms with Crippen molar-refractivity contribution in [1.29, 1.82) is 0 Å². The minimum absolute atomic E-state index is 0.189. The quantitative estimate of drug-likeness (QED) is 0.346. The van der Waals surface area contributed by atoms with E-state index in [0.717, 1.165) is 0 Å². The molecule has 0 spiro atoms. The molecule has 0 aromatic heterocycles. The van der Waals surface area contributed by atoms with Crippen LogP contribution < -0.4 is 5.41 Å². The van der Waals surface area contributed by atoms with Gasteiger partial charge in [-0.25, -0.2) is 4.79 Å². The summed E-state index contributed by atoms with van der Waals surface area (Å²) in [6, 6.07) is -0.915. The van der Waals surface area contributed by atoms with E-state index in [1.807, 2.05) is 0 Å². The molecule has 0 radical (unpaired) electrons. The molecule has 1 amide bonds. The molecule has 2 aliphatic rings. The largest absolute Gasteiger partial charge is 0.421 e. The van der Waals surface area contributed by atoms with Crippen LogP contribution in [0.5, 0.6) is 0 Å². The van der Waals surface area contributed by atoms with Gasteiger partial charge in [0.25, 0.3) is 0 Å². The molecule has 22 heavy (non-hydrogen) atoms. The summed E-state index contributed by atoms with van der Waals surface area (Å²) in [6.45, 7) is 1.58. The summed E-state index contributed by atoms with van der Waals surface area (Å²) >= 11 is 6.11. The van der Waals surface area contributed by atoms with E-state index in [0.29, 0.717) is 17.0 Å². The SMILES string of the molecule is CC1=C(C(=O)[N+](C)=C2C=CC(=[NH2+])C=C2)C(Cl)=CCC1[N+](=O)[O-]. The molecule has 2 N–H and O–H groups in total. The number of nitrogens with two attached hydrogens (primary N) is 1. The molecule has 0 saturated heterocycles. The molecule has 0 aromatic rings. The molecular formula is C15H16ClN3O3+2. The van der Waals surface area contributed by atoms with Crippen LogP contribution in [0.15, 0.2) is 46.6 Å². The van der Waals surface area contributed by atoms with Crippen LogP contribution in [-0.4, -0.2) is 39.9 Å². The summed E-state index contributed by atoms with van der Waals surface area (Å²) in [5, 5.41) is 17.0. The van der Waals surface area contributed by atoms with Crippen LogP contribution in [0.25, 0.3) is 0 Å². The maximum absolute atomic E-state index is 12.7. The van der Waals surface area contributed by atoms with Gasteiger partial charge in [0.05, 0.1) is 5.03 Å². The molecule has 7 heteroatoms. The van der Waals surface area contributed by atoms with Gasteiger partial charge in [-0.2, -0.15) is 4.58 Å². The number of carbonyl (C=O) groups is 1. The van der Waals surface area contributed by atoms with E-state index in [-0.39, 0.29) is 22.9 Å². The first-order valence-electron chi connectivity index (χ1n) is 6.66. The van der Waals surface area contributed by atoms with Gasteiger partial charge in [0.1, 0.15) is 12.6 Å². The van der Waals surface area contributed by atoms with E-state index >= 15 is 0 Å². The summed E-state index contributed by atoms with van der Waals surface area (Å²) in [5.74, 6) is -0.380. The predicted molar refractivity (Wildman–Crippen MR) is 83.4 cm³/mol. The van der Waals surface area contributed by atoms with E-state index in [9.17, 15) is 14.9 Å². The second-order valence-corrected chi connectivity index (χ2v) is 5.51. The highest BCUT2D eigenvalue weighted by molar-refractivity contribution is 6.35. The number of hydrogen-bond donors (Lipinski definition) is 1.